The molecule has 0 saturated carbocycles. The van der Waals surface area contributed by atoms with Crippen LogP contribution in [0.3, 0.4) is 0 Å². The maximum absolute atomic E-state index is 13.5. The Labute approximate surface area is 577 Å². The highest BCUT2D eigenvalue weighted by molar-refractivity contribution is 5.80. The molecule has 8 unspecified atom stereocenters. The van der Waals surface area contributed by atoms with Gasteiger partial charge in [-0.25, -0.2) is 0 Å². The van der Waals surface area contributed by atoms with Crippen LogP contribution in [0.4, 0.5) is 0 Å². The minimum absolute atomic E-state index is 0.115. The molecule has 1 amide bonds. The van der Waals surface area contributed by atoms with E-state index in [1.165, 1.54) is 186 Å². The molecule has 1 heterocycles. The lowest BCUT2D eigenvalue weighted by atomic mass is 9.99. The summed E-state index contributed by atoms with van der Waals surface area (Å²) in [6.45, 7) is 5.77. The molecule has 1 saturated heterocycles. The number of aliphatic hydroxyl groups is 5. The van der Waals surface area contributed by atoms with Gasteiger partial charge >= 0.3 is 5.97 Å². The van der Waals surface area contributed by atoms with Crippen LogP contribution in [0.25, 0.3) is 0 Å². The van der Waals surface area contributed by atoms with E-state index in [9.17, 15) is 35.1 Å². The van der Waals surface area contributed by atoms with Crippen molar-refractivity contribution in [3.05, 3.63) is 109 Å². The van der Waals surface area contributed by atoms with Crippen molar-refractivity contribution in [1.29, 1.82) is 0 Å². The highest BCUT2D eigenvalue weighted by Crippen LogP contribution is 2.26. The molecule has 0 aromatic rings. The van der Waals surface area contributed by atoms with Crippen molar-refractivity contribution >= 4 is 11.9 Å². The smallest absolute Gasteiger partial charge is 0.306 e. The van der Waals surface area contributed by atoms with E-state index in [-0.39, 0.29) is 19.4 Å². The Balaban J connectivity index is 2.52. The van der Waals surface area contributed by atoms with Crippen molar-refractivity contribution < 1.29 is 49.3 Å². The summed E-state index contributed by atoms with van der Waals surface area (Å²) in [4.78, 5) is 26.8. The monoisotopic (exact) mass is 1320 g/mol. The average Bonchev–Trinajstić information content (AvgIpc) is 0.814. The molecule has 94 heavy (non-hydrogen) atoms. The minimum atomic E-state index is -1.62. The maximum Gasteiger partial charge on any atom is 0.306 e. The molecule has 11 heteroatoms. The van der Waals surface area contributed by atoms with Gasteiger partial charge in [-0.15, -0.1) is 0 Å². The number of esters is 1. The Morgan fingerprint density at radius 3 is 1.12 bits per heavy atom. The minimum Gasteiger partial charge on any atom is -0.454 e. The molecule has 11 nitrogen and oxygen atoms in total. The van der Waals surface area contributed by atoms with Crippen molar-refractivity contribution in [2.45, 2.75) is 391 Å². The number of ether oxygens (including phenoxy) is 3. The number of allylic oxidation sites excluding steroid dienone is 17. The van der Waals surface area contributed by atoms with Crippen molar-refractivity contribution in [1.82, 2.24) is 5.32 Å². The zero-order chi connectivity index (χ0) is 68.1. The van der Waals surface area contributed by atoms with E-state index in [0.717, 1.165) is 109 Å². The number of carbonyl (C=O) groups is 2. The van der Waals surface area contributed by atoms with Gasteiger partial charge in [0.2, 0.25) is 5.91 Å². The summed E-state index contributed by atoms with van der Waals surface area (Å²) in [6, 6.07) is -1.03. The van der Waals surface area contributed by atoms with Gasteiger partial charge in [-0.05, 0) is 116 Å². The number of rotatable bonds is 67. The molecule has 1 aliphatic heterocycles. The van der Waals surface area contributed by atoms with Crippen LogP contribution in [0, 0.1) is 0 Å². The first kappa shape index (κ1) is 88.3. The van der Waals surface area contributed by atoms with Crippen LogP contribution in [0.5, 0.6) is 0 Å². The fourth-order valence-corrected chi connectivity index (χ4v) is 11.7. The molecule has 0 aromatic carbocycles. The summed E-state index contributed by atoms with van der Waals surface area (Å²) in [5.74, 6) is -1.20. The molecule has 0 bridgehead atoms. The average molecular weight is 1320 g/mol. The predicted molar refractivity (Wildman–Crippen MR) is 398 cm³/mol. The molecule has 1 aliphatic rings. The fourth-order valence-electron chi connectivity index (χ4n) is 11.7. The van der Waals surface area contributed by atoms with E-state index in [1.807, 2.05) is 6.08 Å². The highest BCUT2D eigenvalue weighted by Gasteiger charge is 2.47. The normalized spacial score (nSPS) is 18.4. The summed E-state index contributed by atoms with van der Waals surface area (Å²) in [6.07, 6.45) is 85.5. The number of unbranched alkanes of at least 4 members (excludes halogenated alkanes) is 37. The Morgan fingerprint density at radius 2 is 0.734 bits per heavy atom. The van der Waals surface area contributed by atoms with Crippen LogP contribution in [0.2, 0.25) is 0 Å². The molecule has 0 aromatic heterocycles. The maximum atomic E-state index is 13.5. The first-order chi connectivity index (χ1) is 46.2. The lowest BCUT2D eigenvalue weighted by molar-refractivity contribution is -0.305. The van der Waals surface area contributed by atoms with Crippen LogP contribution in [-0.2, 0) is 23.8 Å². The topological polar surface area (TPSA) is 175 Å². The summed E-state index contributed by atoms with van der Waals surface area (Å²) in [7, 11) is 0. The zero-order valence-electron chi connectivity index (χ0n) is 60.6. The quantitative estimate of drug-likeness (QED) is 0.0195. The number of hydrogen-bond acceptors (Lipinski definition) is 10. The van der Waals surface area contributed by atoms with Gasteiger partial charge in [-0.1, -0.05) is 329 Å². The van der Waals surface area contributed by atoms with Crippen LogP contribution in [-0.4, -0.2) is 99.6 Å². The van der Waals surface area contributed by atoms with E-state index in [2.05, 4.69) is 123 Å². The van der Waals surface area contributed by atoms with Crippen molar-refractivity contribution in [2.75, 3.05) is 13.2 Å². The van der Waals surface area contributed by atoms with Gasteiger partial charge in [0.05, 0.1) is 25.4 Å². The first-order valence-electron chi connectivity index (χ1n) is 39.2. The lowest BCUT2D eigenvalue weighted by Gasteiger charge is -2.41. The third kappa shape index (κ3) is 55.3. The number of carbonyl (C=O) groups excluding carboxylic acids is 2. The number of aliphatic hydroxyl groups excluding tert-OH is 5. The first-order valence-corrected chi connectivity index (χ1v) is 39.2. The largest absolute Gasteiger partial charge is 0.454 e. The third-order valence-electron chi connectivity index (χ3n) is 17.9. The molecule has 542 valence electrons. The van der Waals surface area contributed by atoms with Crippen LogP contribution < -0.4 is 5.32 Å². The molecule has 8 atom stereocenters. The van der Waals surface area contributed by atoms with Crippen LogP contribution in [0.1, 0.15) is 342 Å². The summed E-state index contributed by atoms with van der Waals surface area (Å²) >= 11 is 0. The van der Waals surface area contributed by atoms with Gasteiger partial charge in [0.25, 0.3) is 0 Å². The molecule has 0 radical (unpaired) electrons. The van der Waals surface area contributed by atoms with Crippen molar-refractivity contribution in [2.24, 2.45) is 0 Å². The predicted octanol–water partition coefficient (Wildman–Crippen LogP) is 21.1. The van der Waals surface area contributed by atoms with Gasteiger partial charge in [0.1, 0.15) is 24.4 Å². The highest BCUT2D eigenvalue weighted by atomic mass is 16.7. The SMILES string of the molecule is CCCCC/C=C\C/C=C\C/C=C\C/C=C\CCCCCCCCCCCCCC(=O)OC1C(OCC(NC(=O)C(O)CCCCCCCCCCCC/C=C\C/C=C\C/C=C\C/C=C\CCCCC)C(O)/C=C/CCCCCCCCCCCC)OC(CO)C(O)C1O. The van der Waals surface area contributed by atoms with Crippen molar-refractivity contribution in [3.8, 4) is 0 Å². The van der Waals surface area contributed by atoms with E-state index in [1.54, 1.807) is 6.08 Å². The second-order valence-electron chi connectivity index (χ2n) is 26.7. The molecule has 6 N–H and O–H groups in total. The van der Waals surface area contributed by atoms with E-state index < -0.39 is 67.4 Å². The Bertz CT molecular complexity index is 1950. The molecular formula is C83H145NO10. The molecule has 0 spiro atoms. The molecule has 1 fully saturated rings. The second-order valence-corrected chi connectivity index (χ2v) is 26.7. The van der Waals surface area contributed by atoms with E-state index in [0.29, 0.717) is 12.8 Å². The van der Waals surface area contributed by atoms with Gasteiger partial charge in [-0.2, -0.15) is 0 Å². The standard InChI is InChI=1S/C83H145NO10/c1-4-7-10-13-16-19-22-25-27-29-31-33-35-37-39-41-43-45-47-49-51-53-56-59-62-65-68-71-78(88)94-81-80(90)79(89)77(72-85)93-83(81)92-73-74(75(86)69-66-63-60-57-54-24-21-18-15-12-9-6-3)84-82(91)76(87)70-67-64-61-58-55-52-50-48-46-44-42-40-38-36-34-32-30-28-26-23-20-17-14-11-8-5-2/h16-17,19-20,25-28,31-34,37-40,66,69,74-77,79-81,83,85-87,89-90H,4-15,18,21-24,29-30,35-36,41-65,67-68,70-73H2,1-3H3,(H,84,91)/b19-16-,20-17-,27-25-,28-26-,33-31-,34-32-,39-37-,40-38-,69-66+. The summed E-state index contributed by atoms with van der Waals surface area (Å²) in [5.41, 5.74) is 0. The summed E-state index contributed by atoms with van der Waals surface area (Å²) in [5, 5.41) is 57.4. The van der Waals surface area contributed by atoms with Gasteiger partial charge < -0.3 is 45.1 Å². The number of nitrogens with one attached hydrogen (secondary N) is 1. The summed E-state index contributed by atoms with van der Waals surface area (Å²) < 4.78 is 17.7. The molecule has 1 rings (SSSR count). The lowest BCUT2D eigenvalue weighted by Crippen LogP contribution is -2.61. The van der Waals surface area contributed by atoms with Crippen molar-refractivity contribution in [3.63, 3.8) is 0 Å². The Kier molecular flexibility index (Phi) is 65.1. The second kappa shape index (κ2) is 69.2. The number of amides is 1. The van der Waals surface area contributed by atoms with E-state index in [4.69, 9.17) is 14.2 Å². The van der Waals surface area contributed by atoms with Crippen LogP contribution in [0.15, 0.2) is 109 Å². The Hall–Kier alpha value is -3.68. The van der Waals surface area contributed by atoms with Gasteiger partial charge in [0, 0.05) is 6.42 Å². The molecule has 0 aliphatic carbocycles. The van der Waals surface area contributed by atoms with E-state index >= 15 is 0 Å². The molecular weight excluding hydrogens is 1170 g/mol. The third-order valence-corrected chi connectivity index (χ3v) is 17.9. The fraction of sp³-hybridized carbons (Fsp3) is 0.759. The van der Waals surface area contributed by atoms with Gasteiger partial charge in [0.15, 0.2) is 12.4 Å². The number of hydrogen-bond donors (Lipinski definition) is 6. The van der Waals surface area contributed by atoms with Crippen LogP contribution >= 0.6 is 0 Å². The Morgan fingerprint density at radius 1 is 0.415 bits per heavy atom. The van der Waals surface area contributed by atoms with Gasteiger partial charge in [-0.3, -0.25) is 9.59 Å². The zero-order valence-corrected chi connectivity index (χ0v) is 60.6.